The fourth-order valence-electron chi connectivity index (χ4n) is 2.63. The molecular formula is C16H23NO2. The van der Waals surface area contributed by atoms with Crippen LogP contribution in [0.5, 0.6) is 0 Å². The van der Waals surface area contributed by atoms with Crippen LogP contribution < -0.4 is 0 Å². The van der Waals surface area contributed by atoms with Gasteiger partial charge in [-0.05, 0) is 57.8 Å². The zero-order chi connectivity index (χ0) is 14.0. The number of hydrogen-bond donors (Lipinski definition) is 1. The Kier molecular flexibility index (Phi) is 3.95. The highest BCUT2D eigenvalue weighted by molar-refractivity contribution is 5.74. The summed E-state index contributed by atoms with van der Waals surface area (Å²) in [5.74, 6) is -0.654. The molecule has 1 aromatic carbocycles. The minimum Gasteiger partial charge on any atom is -0.481 e. The molecular weight excluding hydrogens is 238 g/mol. The zero-order valence-electron chi connectivity index (χ0n) is 12.1. The van der Waals surface area contributed by atoms with Crippen LogP contribution in [0.4, 0.5) is 0 Å². The van der Waals surface area contributed by atoms with Gasteiger partial charge in [-0.2, -0.15) is 0 Å². The van der Waals surface area contributed by atoms with Crippen molar-refractivity contribution in [3.8, 4) is 0 Å². The average molecular weight is 261 g/mol. The summed E-state index contributed by atoms with van der Waals surface area (Å²) in [5.41, 5.74) is 3.43. The van der Waals surface area contributed by atoms with Gasteiger partial charge in [-0.15, -0.1) is 0 Å². The molecule has 19 heavy (non-hydrogen) atoms. The van der Waals surface area contributed by atoms with E-state index in [2.05, 4.69) is 36.9 Å². The number of nitrogens with zero attached hydrogens (tertiary/aromatic N) is 1. The first-order valence-electron chi connectivity index (χ1n) is 6.93. The van der Waals surface area contributed by atoms with Crippen LogP contribution in [-0.2, 0) is 11.3 Å². The number of likely N-dealkylation sites (tertiary alicyclic amines) is 1. The molecule has 3 nitrogen and oxygen atoms in total. The lowest BCUT2D eigenvalue weighted by Gasteiger charge is -2.36. The smallest absolute Gasteiger partial charge is 0.309 e. The van der Waals surface area contributed by atoms with Crippen molar-refractivity contribution in [1.82, 2.24) is 4.90 Å². The molecule has 104 valence electrons. The van der Waals surface area contributed by atoms with Crippen LogP contribution in [0.25, 0.3) is 0 Å². The minimum absolute atomic E-state index is 0.530. The molecule has 0 unspecified atom stereocenters. The van der Waals surface area contributed by atoms with Gasteiger partial charge in [-0.1, -0.05) is 23.8 Å². The predicted molar refractivity (Wildman–Crippen MR) is 76.2 cm³/mol. The molecule has 2 rings (SSSR count). The molecule has 3 heteroatoms. The summed E-state index contributed by atoms with van der Waals surface area (Å²) >= 11 is 0. The maximum atomic E-state index is 11.2. The normalized spacial score (nSPS) is 19.3. The molecule has 1 N–H and O–H groups in total. The Morgan fingerprint density at radius 2 is 1.95 bits per heavy atom. The van der Waals surface area contributed by atoms with Gasteiger partial charge in [0, 0.05) is 6.54 Å². The molecule has 0 amide bonds. The lowest BCUT2D eigenvalue weighted by molar-refractivity contribution is -0.150. The number of hydrogen-bond acceptors (Lipinski definition) is 2. The number of piperidine rings is 1. The maximum absolute atomic E-state index is 11.2. The van der Waals surface area contributed by atoms with Crippen LogP contribution in [-0.4, -0.2) is 29.1 Å². The van der Waals surface area contributed by atoms with Gasteiger partial charge in [0.25, 0.3) is 0 Å². The van der Waals surface area contributed by atoms with E-state index in [0.29, 0.717) is 0 Å². The van der Waals surface area contributed by atoms with E-state index in [1.165, 1.54) is 16.7 Å². The van der Waals surface area contributed by atoms with E-state index in [0.717, 1.165) is 32.5 Å². The SMILES string of the molecule is Cc1ccc(C)c(CN2CCC(C)(C(=O)O)CC2)c1. The van der Waals surface area contributed by atoms with Gasteiger partial charge < -0.3 is 5.11 Å². The van der Waals surface area contributed by atoms with Gasteiger partial charge in [0.05, 0.1) is 5.41 Å². The van der Waals surface area contributed by atoms with Crippen molar-refractivity contribution in [1.29, 1.82) is 0 Å². The summed E-state index contributed by atoms with van der Waals surface area (Å²) in [6.45, 7) is 8.79. The Morgan fingerprint density at radius 1 is 1.32 bits per heavy atom. The summed E-state index contributed by atoms with van der Waals surface area (Å²) in [5, 5.41) is 9.24. The fourth-order valence-corrected chi connectivity index (χ4v) is 2.63. The van der Waals surface area contributed by atoms with E-state index >= 15 is 0 Å². The second-order valence-corrected chi connectivity index (χ2v) is 6.07. The third-order valence-corrected chi connectivity index (χ3v) is 4.37. The molecule has 1 aromatic rings. The molecule has 0 atom stereocenters. The quantitative estimate of drug-likeness (QED) is 0.909. The summed E-state index contributed by atoms with van der Waals surface area (Å²) in [6.07, 6.45) is 1.49. The Morgan fingerprint density at radius 3 is 2.53 bits per heavy atom. The first-order valence-corrected chi connectivity index (χ1v) is 6.93. The number of aryl methyl sites for hydroxylation is 2. The minimum atomic E-state index is -0.654. The largest absolute Gasteiger partial charge is 0.481 e. The van der Waals surface area contributed by atoms with Crippen molar-refractivity contribution in [3.05, 3.63) is 34.9 Å². The number of carboxylic acid groups (broad SMARTS) is 1. The fraction of sp³-hybridized carbons (Fsp3) is 0.562. The van der Waals surface area contributed by atoms with Gasteiger partial charge in [0.15, 0.2) is 0 Å². The van der Waals surface area contributed by atoms with Crippen molar-refractivity contribution in [3.63, 3.8) is 0 Å². The molecule has 0 aromatic heterocycles. The Bertz CT molecular complexity index is 474. The summed E-state index contributed by atoms with van der Waals surface area (Å²) in [6, 6.07) is 6.53. The summed E-state index contributed by atoms with van der Waals surface area (Å²) in [4.78, 5) is 13.6. The molecule has 1 fully saturated rings. The number of aliphatic carboxylic acids is 1. The average Bonchev–Trinajstić information content (AvgIpc) is 2.36. The highest BCUT2D eigenvalue weighted by atomic mass is 16.4. The monoisotopic (exact) mass is 261 g/mol. The van der Waals surface area contributed by atoms with Crippen molar-refractivity contribution in [2.75, 3.05) is 13.1 Å². The van der Waals surface area contributed by atoms with E-state index < -0.39 is 11.4 Å². The number of carboxylic acids is 1. The van der Waals surface area contributed by atoms with Crippen LogP contribution >= 0.6 is 0 Å². The van der Waals surface area contributed by atoms with Crippen LogP contribution in [0.3, 0.4) is 0 Å². The highest BCUT2D eigenvalue weighted by Crippen LogP contribution is 2.31. The Balaban J connectivity index is 1.99. The van der Waals surface area contributed by atoms with Gasteiger partial charge >= 0.3 is 5.97 Å². The molecule has 1 heterocycles. The van der Waals surface area contributed by atoms with E-state index in [9.17, 15) is 9.90 Å². The second kappa shape index (κ2) is 5.33. The Labute approximate surface area is 115 Å². The molecule has 0 radical (unpaired) electrons. The lowest BCUT2D eigenvalue weighted by Crippen LogP contribution is -2.42. The van der Waals surface area contributed by atoms with Gasteiger partial charge in [-0.25, -0.2) is 0 Å². The molecule has 1 saturated heterocycles. The maximum Gasteiger partial charge on any atom is 0.309 e. The topological polar surface area (TPSA) is 40.5 Å². The molecule has 0 spiro atoms. The first-order chi connectivity index (χ1) is 8.90. The van der Waals surface area contributed by atoms with Crippen LogP contribution in [0, 0.1) is 19.3 Å². The van der Waals surface area contributed by atoms with Crippen molar-refractivity contribution in [2.24, 2.45) is 5.41 Å². The van der Waals surface area contributed by atoms with E-state index in [1.54, 1.807) is 0 Å². The van der Waals surface area contributed by atoms with E-state index in [4.69, 9.17) is 0 Å². The van der Waals surface area contributed by atoms with Gasteiger partial charge in [0.2, 0.25) is 0 Å². The Hall–Kier alpha value is -1.35. The van der Waals surface area contributed by atoms with E-state index in [-0.39, 0.29) is 0 Å². The van der Waals surface area contributed by atoms with Gasteiger partial charge in [0.1, 0.15) is 0 Å². The second-order valence-electron chi connectivity index (χ2n) is 6.07. The third kappa shape index (κ3) is 3.16. The van der Waals surface area contributed by atoms with Crippen LogP contribution in [0.2, 0.25) is 0 Å². The van der Waals surface area contributed by atoms with Crippen molar-refractivity contribution < 1.29 is 9.90 Å². The highest BCUT2D eigenvalue weighted by Gasteiger charge is 2.36. The van der Waals surface area contributed by atoms with E-state index in [1.807, 2.05) is 6.92 Å². The third-order valence-electron chi connectivity index (χ3n) is 4.37. The number of rotatable bonds is 3. The van der Waals surface area contributed by atoms with Crippen molar-refractivity contribution in [2.45, 2.75) is 40.2 Å². The standard InChI is InChI=1S/C16H23NO2/c1-12-4-5-13(2)14(10-12)11-17-8-6-16(3,7-9-17)15(18)19/h4-5,10H,6-9,11H2,1-3H3,(H,18,19). The number of carbonyl (C=O) groups is 1. The lowest BCUT2D eigenvalue weighted by atomic mass is 9.80. The van der Waals surface area contributed by atoms with Crippen LogP contribution in [0.15, 0.2) is 18.2 Å². The van der Waals surface area contributed by atoms with Crippen molar-refractivity contribution >= 4 is 5.97 Å². The van der Waals surface area contributed by atoms with Gasteiger partial charge in [-0.3, -0.25) is 9.69 Å². The molecule has 1 aliphatic rings. The molecule has 0 aliphatic carbocycles. The molecule has 0 saturated carbocycles. The van der Waals surface area contributed by atoms with Crippen LogP contribution in [0.1, 0.15) is 36.5 Å². The zero-order valence-corrected chi connectivity index (χ0v) is 12.1. The molecule has 0 bridgehead atoms. The number of benzene rings is 1. The molecule has 1 aliphatic heterocycles. The first kappa shape index (κ1) is 14.1. The summed E-state index contributed by atoms with van der Waals surface area (Å²) in [7, 11) is 0. The summed E-state index contributed by atoms with van der Waals surface area (Å²) < 4.78 is 0. The predicted octanol–water partition coefficient (Wildman–Crippen LogP) is 2.99.